The van der Waals surface area contributed by atoms with Gasteiger partial charge in [-0.25, -0.2) is 4.98 Å². The molecule has 1 aromatic heterocycles. The highest BCUT2D eigenvalue weighted by molar-refractivity contribution is 6.33. The van der Waals surface area contributed by atoms with E-state index in [4.69, 9.17) is 27.6 Å². The molecule has 3 aromatic rings. The smallest absolute Gasteiger partial charge is 0.228 e. The molecule has 0 spiro atoms. The number of amides is 1. The quantitative estimate of drug-likeness (QED) is 0.735. The van der Waals surface area contributed by atoms with E-state index >= 15 is 0 Å². The van der Waals surface area contributed by atoms with Gasteiger partial charge in [0.05, 0.1) is 17.6 Å². The fraction of sp³-hybridized carbons (Fsp3) is 0.0588. The minimum Gasteiger partial charge on any atom is -0.443 e. The summed E-state index contributed by atoms with van der Waals surface area (Å²) >= 11 is 12.3. The molecule has 2 aromatic carbocycles. The average Bonchev–Trinajstić information content (AvgIpc) is 3.04. The first-order valence-corrected chi connectivity index (χ1v) is 7.61. The lowest BCUT2D eigenvalue weighted by Crippen LogP contribution is -2.14. The molecule has 0 radical (unpaired) electrons. The minimum atomic E-state index is -0.165. The number of benzene rings is 2. The molecule has 4 nitrogen and oxygen atoms in total. The summed E-state index contributed by atoms with van der Waals surface area (Å²) in [5.74, 6) is 0.408. The molecular weight excluding hydrogens is 335 g/mol. The van der Waals surface area contributed by atoms with Gasteiger partial charge in [0.2, 0.25) is 5.91 Å². The number of oxazole rings is 1. The second kappa shape index (κ2) is 6.86. The zero-order chi connectivity index (χ0) is 16.2. The normalized spacial score (nSPS) is 10.5. The number of nitrogens with zero attached hydrogens (tertiary/aromatic N) is 1. The zero-order valence-electron chi connectivity index (χ0n) is 11.9. The van der Waals surface area contributed by atoms with Gasteiger partial charge in [-0.15, -0.1) is 0 Å². The van der Waals surface area contributed by atoms with Gasteiger partial charge in [-0.05, 0) is 29.8 Å². The van der Waals surface area contributed by atoms with Crippen LogP contribution in [0.3, 0.4) is 0 Å². The third kappa shape index (κ3) is 3.73. The Labute approximate surface area is 143 Å². The highest BCUT2D eigenvalue weighted by Crippen LogP contribution is 2.30. The van der Waals surface area contributed by atoms with Crippen molar-refractivity contribution in [2.24, 2.45) is 0 Å². The molecule has 1 N–H and O–H groups in total. The molecule has 0 saturated heterocycles. The van der Waals surface area contributed by atoms with E-state index in [1.807, 2.05) is 18.2 Å². The standard InChI is InChI=1S/C17H12Cl2N2O2/c18-14-4-2-1-3-11(14)7-17(22)21-12-5-6-13(15(19)8-12)16-9-20-10-23-16/h1-6,8-10H,7H2,(H,21,22). The number of anilines is 1. The van der Waals surface area contributed by atoms with Crippen molar-refractivity contribution in [2.75, 3.05) is 5.32 Å². The zero-order valence-corrected chi connectivity index (χ0v) is 13.4. The van der Waals surface area contributed by atoms with Gasteiger partial charge in [-0.2, -0.15) is 0 Å². The van der Waals surface area contributed by atoms with Crippen LogP contribution in [-0.2, 0) is 11.2 Å². The highest BCUT2D eigenvalue weighted by Gasteiger charge is 2.10. The third-order valence-corrected chi connectivity index (χ3v) is 3.94. The molecule has 23 heavy (non-hydrogen) atoms. The summed E-state index contributed by atoms with van der Waals surface area (Å²) in [5.41, 5.74) is 2.10. The Morgan fingerprint density at radius 2 is 1.96 bits per heavy atom. The summed E-state index contributed by atoms with van der Waals surface area (Å²) in [6.07, 6.45) is 3.11. The van der Waals surface area contributed by atoms with E-state index in [1.165, 1.54) is 6.39 Å². The second-order valence-corrected chi connectivity index (χ2v) is 5.69. The molecule has 116 valence electrons. The first kappa shape index (κ1) is 15.6. The van der Waals surface area contributed by atoms with Crippen LogP contribution < -0.4 is 5.32 Å². The lowest BCUT2D eigenvalue weighted by atomic mass is 10.1. The molecular formula is C17H12Cl2N2O2. The number of nitrogens with one attached hydrogen (secondary N) is 1. The van der Waals surface area contributed by atoms with Crippen LogP contribution in [-0.4, -0.2) is 10.9 Å². The highest BCUT2D eigenvalue weighted by atomic mass is 35.5. The van der Waals surface area contributed by atoms with Crippen molar-refractivity contribution in [2.45, 2.75) is 6.42 Å². The molecule has 0 aliphatic heterocycles. The summed E-state index contributed by atoms with van der Waals surface area (Å²) < 4.78 is 5.22. The predicted molar refractivity (Wildman–Crippen MR) is 90.7 cm³/mol. The molecule has 3 rings (SSSR count). The van der Waals surface area contributed by atoms with Crippen LogP contribution in [0.25, 0.3) is 11.3 Å². The average molecular weight is 347 g/mol. The largest absolute Gasteiger partial charge is 0.443 e. The molecule has 0 aliphatic carbocycles. The second-order valence-electron chi connectivity index (χ2n) is 4.88. The summed E-state index contributed by atoms with van der Waals surface area (Å²) in [6, 6.07) is 12.4. The maximum atomic E-state index is 12.1. The van der Waals surface area contributed by atoms with E-state index < -0.39 is 0 Å². The van der Waals surface area contributed by atoms with Gasteiger partial charge >= 0.3 is 0 Å². The Bertz CT molecular complexity index is 832. The first-order valence-electron chi connectivity index (χ1n) is 6.85. The molecule has 0 saturated carbocycles. The van der Waals surface area contributed by atoms with Gasteiger partial charge in [-0.1, -0.05) is 41.4 Å². The van der Waals surface area contributed by atoms with E-state index in [9.17, 15) is 4.79 Å². The fourth-order valence-corrected chi connectivity index (χ4v) is 2.64. The van der Waals surface area contributed by atoms with E-state index in [0.29, 0.717) is 27.1 Å². The van der Waals surface area contributed by atoms with Crippen molar-refractivity contribution >= 4 is 34.8 Å². The van der Waals surface area contributed by atoms with E-state index in [0.717, 1.165) is 5.56 Å². The van der Waals surface area contributed by atoms with Crippen LogP contribution in [0.15, 0.2) is 59.5 Å². The van der Waals surface area contributed by atoms with Crippen LogP contribution in [0.5, 0.6) is 0 Å². The maximum absolute atomic E-state index is 12.1. The third-order valence-electron chi connectivity index (χ3n) is 3.26. The minimum absolute atomic E-state index is 0.165. The van der Waals surface area contributed by atoms with Crippen molar-refractivity contribution in [3.8, 4) is 11.3 Å². The number of carbonyl (C=O) groups excluding carboxylic acids is 1. The Morgan fingerprint density at radius 3 is 2.65 bits per heavy atom. The Balaban J connectivity index is 1.72. The summed E-state index contributed by atoms with van der Waals surface area (Å²) in [7, 11) is 0. The molecule has 1 amide bonds. The molecule has 0 atom stereocenters. The van der Waals surface area contributed by atoms with E-state index in [2.05, 4.69) is 10.3 Å². The van der Waals surface area contributed by atoms with Gasteiger partial charge in [0.15, 0.2) is 12.2 Å². The predicted octanol–water partition coefficient (Wildman–Crippen LogP) is 4.83. The first-order chi connectivity index (χ1) is 11.1. The molecule has 0 fully saturated rings. The number of hydrogen-bond donors (Lipinski definition) is 1. The van der Waals surface area contributed by atoms with Crippen molar-refractivity contribution in [1.29, 1.82) is 0 Å². The lowest BCUT2D eigenvalue weighted by molar-refractivity contribution is -0.115. The van der Waals surface area contributed by atoms with Crippen molar-refractivity contribution in [1.82, 2.24) is 4.98 Å². The molecule has 1 heterocycles. The fourth-order valence-electron chi connectivity index (χ4n) is 2.16. The van der Waals surface area contributed by atoms with Crippen molar-refractivity contribution in [3.05, 3.63) is 70.7 Å². The number of carbonyl (C=O) groups is 1. The lowest BCUT2D eigenvalue weighted by Gasteiger charge is -2.08. The number of hydrogen-bond acceptors (Lipinski definition) is 3. The van der Waals surface area contributed by atoms with E-state index in [1.54, 1.807) is 30.5 Å². The van der Waals surface area contributed by atoms with Gasteiger partial charge in [0, 0.05) is 16.3 Å². The monoisotopic (exact) mass is 346 g/mol. The van der Waals surface area contributed by atoms with Gasteiger partial charge < -0.3 is 9.73 Å². The SMILES string of the molecule is O=C(Cc1ccccc1Cl)Nc1ccc(-c2cnco2)c(Cl)c1. The molecule has 0 aliphatic rings. The summed E-state index contributed by atoms with van der Waals surface area (Å²) in [4.78, 5) is 16.0. The number of aromatic nitrogens is 1. The van der Waals surface area contributed by atoms with E-state index in [-0.39, 0.29) is 12.3 Å². The van der Waals surface area contributed by atoms with Crippen LogP contribution in [0, 0.1) is 0 Å². The van der Waals surface area contributed by atoms with Gasteiger partial charge in [0.25, 0.3) is 0 Å². The van der Waals surface area contributed by atoms with Crippen LogP contribution >= 0.6 is 23.2 Å². The number of rotatable bonds is 4. The molecule has 6 heteroatoms. The molecule has 0 bridgehead atoms. The van der Waals surface area contributed by atoms with Crippen molar-refractivity contribution in [3.63, 3.8) is 0 Å². The topological polar surface area (TPSA) is 55.1 Å². The Kier molecular flexibility index (Phi) is 4.65. The summed E-state index contributed by atoms with van der Waals surface area (Å²) in [5, 5.41) is 3.84. The van der Waals surface area contributed by atoms with Gasteiger partial charge in [0.1, 0.15) is 0 Å². The van der Waals surface area contributed by atoms with Crippen molar-refractivity contribution < 1.29 is 9.21 Å². The Morgan fingerprint density at radius 1 is 1.13 bits per heavy atom. The van der Waals surface area contributed by atoms with Crippen LogP contribution in [0.2, 0.25) is 10.0 Å². The number of halogens is 2. The van der Waals surface area contributed by atoms with Crippen LogP contribution in [0.1, 0.15) is 5.56 Å². The van der Waals surface area contributed by atoms with Gasteiger partial charge in [-0.3, -0.25) is 4.79 Å². The maximum Gasteiger partial charge on any atom is 0.228 e. The Hall–Kier alpha value is -2.30. The van der Waals surface area contributed by atoms with Crippen LogP contribution in [0.4, 0.5) is 5.69 Å². The summed E-state index contributed by atoms with van der Waals surface area (Å²) in [6.45, 7) is 0. The molecule has 0 unspecified atom stereocenters.